The molecule has 0 aliphatic rings. The van der Waals surface area contributed by atoms with Crippen molar-refractivity contribution in [3.05, 3.63) is 59.7 Å². The Bertz CT molecular complexity index is 789. The minimum absolute atomic E-state index is 0.207. The zero-order valence-electron chi connectivity index (χ0n) is 22.2. The van der Waals surface area contributed by atoms with Crippen LogP contribution in [0.5, 0.6) is 11.5 Å². The number of phenolic OH excluding ortho intramolecular Hbond substituents is 1. The van der Waals surface area contributed by atoms with E-state index in [9.17, 15) is 10.00 Å². The summed E-state index contributed by atoms with van der Waals surface area (Å²) in [4.78, 5) is 10.1. The fraction of sp³-hybridized carbons (Fsp3) is 0.600. The van der Waals surface area contributed by atoms with E-state index in [0.29, 0.717) is 12.4 Å². The highest BCUT2D eigenvalue weighted by Gasteiger charge is 2.23. The number of unbranched alkanes of at least 4 members (excludes halogenated alkanes) is 12. The van der Waals surface area contributed by atoms with Gasteiger partial charge in [0.25, 0.3) is 0 Å². The largest absolute Gasteiger partial charge is 0.508 e. The van der Waals surface area contributed by atoms with Gasteiger partial charge in [-0.1, -0.05) is 122 Å². The standard InChI is InChI=1S/C30H47O4P/c1-4-5-6-7-8-9-10-11-12-13-14-15-16-25-33-35(32)34-29-23-19-27(20-24-29)30(2,3)26-17-21-28(31)22-18-26/h17-24,31-32H,4-16,25H2,1-3H3. The molecule has 4 nitrogen and oxygen atoms in total. The SMILES string of the molecule is CCCCCCCCCCCCCCCOP(O)Oc1ccc(C(C)(C)c2ccc(O)cc2)cc1. The summed E-state index contributed by atoms with van der Waals surface area (Å²) in [5.74, 6) is 0.873. The average molecular weight is 503 g/mol. The fourth-order valence-electron chi connectivity index (χ4n) is 4.36. The molecule has 2 N–H and O–H groups in total. The van der Waals surface area contributed by atoms with E-state index in [1.807, 2.05) is 36.4 Å². The fourth-order valence-corrected chi connectivity index (χ4v) is 5.00. The lowest BCUT2D eigenvalue weighted by Gasteiger charge is -2.26. The van der Waals surface area contributed by atoms with Crippen LogP contribution in [-0.2, 0) is 9.94 Å². The first-order valence-electron chi connectivity index (χ1n) is 13.6. The van der Waals surface area contributed by atoms with Crippen LogP contribution in [0, 0.1) is 0 Å². The average Bonchev–Trinajstić information content (AvgIpc) is 2.85. The smallest absolute Gasteiger partial charge is 0.394 e. The van der Waals surface area contributed by atoms with Crippen LogP contribution >= 0.6 is 8.60 Å². The lowest BCUT2D eigenvalue weighted by atomic mass is 9.78. The molecule has 0 saturated carbocycles. The maximum absolute atomic E-state index is 10.1. The monoisotopic (exact) mass is 502 g/mol. The Kier molecular flexibility index (Phi) is 14.3. The van der Waals surface area contributed by atoms with Crippen LogP contribution in [0.3, 0.4) is 0 Å². The molecule has 0 aromatic heterocycles. The molecule has 35 heavy (non-hydrogen) atoms. The quantitative estimate of drug-likeness (QED) is 0.148. The van der Waals surface area contributed by atoms with E-state index in [1.165, 1.54) is 70.6 Å². The van der Waals surface area contributed by atoms with Crippen molar-refractivity contribution in [2.24, 2.45) is 0 Å². The third kappa shape index (κ3) is 11.8. The van der Waals surface area contributed by atoms with E-state index < -0.39 is 8.60 Å². The predicted molar refractivity (Wildman–Crippen MR) is 148 cm³/mol. The van der Waals surface area contributed by atoms with E-state index in [2.05, 4.69) is 20.8 Å². The predicted octanol–water partition coefficient (Wildman–Crippen LogP) is 9.42. The van der Waals surface area contributed by atoms with E-state index in [0.717, 1.165) is 24.0 Å². The first-order valence-corrected chi connectivity index (χ1v) is 14.8. The van der Waals surface area contributed by atoms with Gasteiger partial charge in [0.15, 0.2) is 0 Å². The van der Waals surface area contributed by atoms with Crippen molar-refractivity contribution >= 4 is 8.60 Å². The molecule has 1 unspecified atom stereocenters. The normalized spacial score (nSPS) is 12.6. The number of phenols is 1. The van der Waals surface area contributed by atoms with Gasteiger partial charge in [-0.25, -0.2) is 0 Å². The molecule has 0 radical (unpaired) electrons. The van der Waals surface area contributed by atoms with Crippen molar-refractivity contribution in [1.82, 2.24) is 0 Å². The molecule has 5 heteroatoms. The summed E-state index contributed by atoms with van der Waals surface area (Å²) >= 11 is 0. The molecule has 1 atom stereocenters. The van der Waals surface area contributed by atoms with Crippen molar-refractivity contribution in [3.8, 4) is 11.5 Å². The van der Waals surface area contributed by atoms with E-state index in [-0.39, 0.29) is 11.2 Å². The van der Waals surface area contributed by atoms with Crippen molar-refractivity contribution in [2.75, 3.05) is 6.61 Å². The highest BCUT2D eigenvalue weighted by atomic mass is 31.2. The molecular weight excluding hydrogens is 455 g/mol. The number of hydrogen-bond acceptors (Lipinski definition) is 4. The summed E-state index contributed by atoms with van der Waals surface area (Å²) in [6.07, 6.45) is 17.1. The van der Waals surface area contributed by atoms with Crippen LogP contribution in [0.1, 0.15) is 115 Å². The van der Waals surface area contributed by atoms with Gasteiger partial charge < -0.3 is 19.0 Å². The van der Waals surface area contributed by atoms with Gasteiger partial charge in [-0.3, -0.25) is 0 Å². The van der Waals surface area contributed by atoms with Crippen LogP contribution in [0.4, 0.5) is 0 Å². The Morgan fingerprint density at radius 3 is 1.57 bits per heavy atom. The minimum Gasteiger partial charge on any atom is -0.508 e. The van der Waals surface area contributed by atoms with Gasteiger partial charge in [0.1, 0.15) is 11.5 Å². The zero-order chi connectivity index (χ0) is 25.4. The summed E-state index contributed by atoms with van der Waals surface area (Å²) in [5.41, 5.74) is 2.04. The Labute approximate surface area is 215 Å². The Balaban J connectivity index is 1.54. The third-order valence-corrected chi connectivity index (χ3v) is 7.57. The minimum atomic E-state index is -1.91. The first-order chi connectivity index (χ1) is 16.9. The highest BCUT2D eigenvalue weighted by Crippen LogP contribution is 2.37. The first kappa shape index (κ1) is 29.6. The second kappa shape index (κ2) is 17.0. The van der Waals surface area contributed by atoms with Crippen LogP contribution in [-0.4, -0.2) is 16.6 Å². The Morgan fingerprint density at radius 1 is 0.657 bits per heavy atom. The number of benzene rings is 2. The molecule has 0 bridgehead atoms. The molecule has 0 aliphatic carbocycles. The van der Waals surface area contributed by atoms with Crippen molar-refractivity contribution in [2.45, 2.75) is 110 Å². The number of aromatic hydroxyl groups is 1. The summed E-state index contributed by atoms with van der Waals surface area (Å²) in [5, 5.41) is 9.54. The van der Waals surface area contributed by atoms with Gasteiger partial charge in [0.05, 0.1) is 6.61 Å². The van der Waals surface area contributed by atoms with E-state index in [1.54, 1.807) is 12.1 Å². The second-order valence-corrected chi connectivity index (χ2v) is 11.0. The number of hydrogen-bond donors (Lipinski definition) is 2. The molecule has 2 aromatic rings. The Morgan fingerprint density at radius 2 is 1.09 bits per heavy atom. The second-order valence-electron chi connectivity index (χ2n) is 10.1. The molecule has 0 heterocycles. The molecule has 0 saturated heterocycles. The van der Waals surface area contributed by atoms with Crippen LogP contribution < -0.4 is 4.52 Å². The van der Waals surface area contributed by atoms with Crippen molar-refractivity contribution < 1.29 is 19.0 Å². The molecule has 0 amide bonds. The zero-order valence-corrected chi connectivity index (χ0v) is 23.1. The summed E-state index contributed by atoms with van der Waals surface area (Å²) in [6, 6.07) is 15.1. The third-order valence-electron chi connectivity index (χ3n) is 6.80. The van der Waals surface area contributed by atoms with Crippen molar-refractivity contribution in [1.29, 1.82) is 0 Å². The maximum Gasteiger partial charge on any atom is 0.394 e. The van der Waals surface area contributed by atoms with Crippen LogP contribution in [0.2, 0.25) is 0 Å². The van der Waals surface area contributed by atoms with Crippen molar-refractivity contribution in [3.63, 3.8) is 0 Å². The molecule has 2 aromatic carbocycles. The van der Waals surface area contributed by atoms with Gasteiger partial charge in [-0.15, -0.1) is 0 Å². The highest BCUT2D eigenvalue weighted by molar-refractivity contribution is 7.41. The topological polar surface area (TPSA) is 58.9 Å². The van der Waals surface area contributed by atoms with Gasteiger partial charge in [-0.05, 0) is 41.8 Å². The lowest BCUT2D eigenvalue weighted by molar-refractivity contribution is 0.253. The summed E-state index contributed by atoms with van der Waals surface area (Å²) in [7, 11) is -1.91. The molecule has 0 spiro atoms. The Hall–Kier alpha value is -1.61. The summed E-state index contributed by atoms with van der Waals surface area (Å²) in [6.45, 7) is 7.09. The molecule has 2 rings (SSSR count). The molecular formula is C30H47O4P. The molecule has 0 fully saturated rings. The van der Waals surface area contributed by atoms with Gasteiger partial charge in [0.2, 0.25) is 0 Å². The summed E-state index contributed by atoms with van der Waals surface area (Å²) < 4.78 is 11.1. The van der Waals surface area contributed by atoms with Gasteiger partial charge >= 0.3 is 8.60 Å². The van der Waals surface area contributed by atoms with Crippen LogP contribution in [0.15, 0.2) is 48.5 Å². The molecule has 196 valence electrons. The lowest BCUT2D eigenvalue weighted by Crippen LogP contribution is -2.18. The van der Waals surface area contributed by atoms with E-state index in [4.69, 9.17) is 9.05 Å². The van der Waals surface area contributed by atoms with E-state index >= 15 is 0 Å². The maximum atomic E-state index is 10.1. The van der Waals surface area contributed by atoms with Gasteiger partial charge in [-0.2, -0.15) is 0 Å². The van der Waals surface area contributed by atoms with Crippen LogP contribution in [0.25, 0.3) is 0 Å². The number of rotatable bonds is 19. The van der Waals surface area contributed by atoms with Gasteiger partial charge in [0, 0.05) is 5.41 Å². The molecule has 0 aliphatic heterocycles.